The van der Waals surface area contributed by atoms with Crippen LogP contribution in [0.15, 0.2) is 0 Å². The summed E-state index contributed by atoms with van der Waals surface area (Å²) in [5.74, 6) is -3.61. The van der Waals surface area contributed by atoms with Crippen molar-refractivity contribution in [1.29, 1.82) is 0 Å². The van der Waals surface area contributed by atoms with E-state index in [2.05, 4.69) is 0 Å². The van der Waals surface area contributed by atoms with Gasteiger partial charge < -0.3 is 20.4 Å². The van der Waals surface area contributed by atoms with Crippen LogP contribution in [0.4, 0.5) is 0 Å². The molecule has 0 spiro atoms. The maximum absolute atomic E-state index is 9.87. The molecule has 60 valence electrons. The van der Waals surface area contributed by atoms with Crippen LogP contribution in [0.1, 0.15) is 13.3 Å². The predicted octanol–water partition coefficient (Wildman–Crippen LogP) is -1.48. The van der Waals surface area contributed by atoms with Crippen LogP contribution in [0.25, 0.3) is 0 Å². The summed E-state index contributed by atoms with van der Waals surface area (Å²) in [5.41, 5.74) is 0. The standard InChI is InChI=1S/C5H10O5/c1-5(9,10)3(6)2-4(7)8/h3,6,9-10H,2H2,1H3,(H,7,8). The van der Waals surface area contributed by atoms with Gasteiger partial charge in [0.2, 0.25) is 0 Å². The molecule has 0 heterocycles. The van der Waals surface area contributed by atoms with Crippen LogP contribution in [0, 0.1) is 0 Å². The predicted molar refractivity (Wildman–Crippen MR) is 31.1 cm³/mol. The molecule has 0 aliphatic carbocycles. The first-order valence-electron chi connectivity index (χ1n) is 2.68. The van der Waals surface area contributed by atoms with E-state index in [0.717, 1.165) is 6.92 Å². The number of carbonyl (C=O) groups is 1. The Balaban J connectivity index is 3.85. The van der Waals surface area contributed by atoms with Crippen LogP contribution in [0.3, 0.4) is 0 Å². The molecule has 0 fully saturated rings. The Morgan fingerprint density at radius 2 is 2.00 bits per heavy atom. The molecule has 0 saturated heterocycles. The van der Waals surface area contributed by atoms with Crippen molar-refractivity contribution in [1.82, 2.24) is 0 Å². The first kappa shape index (κ1) is 9.35. The fraction of sp³-hybridized carbons (Fsp3) is 0.800. The highest BCUT2D eigenvalue weighted by Crippen LogP contribution is 2.07. The van der Waals surface area contributed by atoms with Crippen molar-refractivity contribution in [3.8, 4) is 0 Å². The van der Waals surface area contributed by atoms with E-state index in [1.807, 2.05) is 0 Å². The normalized spacial score (nSPS) is 14.8. The van der Waals surface area contributed by atoms with E-state index in [-0.39, 0.29) is 0 Å². The van der Waals surface area contributed by atoms with Crippen molar-refractivity contribution < 1.29 is 25.2 Å². The van der Waals surface area contributed by atoms with Gasteiger partial charge in [-0.05, 0) is 6.92 Å². The Morgan fingerprint density at radius 1 is 1.60 bits per heavy atom. The number of aliphatic hydroxyl groups is 3. The Hall–Kier alpha value is -0.650. The van der Waals surface area contributed by atoms with Gasteiger partial charge in [-0.3, -0.25) is 4.79 Å². The van der Waals surface area contributed by atoms with E-state index >= 15 is 0 Å². The second kappa shape index (κ2) is 2.96. The van der Waals surface area contributed by atoms with Gasteiger partial charge in [-0.15, -0.1) is 0 Å². The molecular formula is C5H10O5. The number of aliphatic carboxylic acids is 1. The van der Waals surface area contributed by atoms with E-state index in [1.165, 1.54) is 0 Å². The SMILES string of the molecule is CC(O)(O)C(O)CC(=O)O. The highest BCUT2D eigenvalue weighted by Gasteiger charge is 2.28. The Kier molecular flexibility index (Phi) is 2.77. The van der Waals surface area contributed by atoms with Crippen LogP contribution in [-0.2, 0) is 4.79 Å². The molecule has 0 aromatic rings. The van der Waals surface area contributed by atoms with Gasteiger partial charge in [-0.2, -0.15) is 0 Å². The van der Waals surface area contributed by atoms with Crippen molar-refractivity contribution in [3.63, 3.8) is 0 Å². The summed E-state index contributed by atoms with van der Waals surface area (Å²) >= 11 is 0. The van der Waals surface area contributed by atoms with Crippen LogP contribution in [0.2, 0.25) is 0 Å². The van der Waals surface area contributed by atoms with Crippen molar-refractivity contribution in [2.24, 2.45) is 0 Å². The van der Waals surface area contributed by atoms with Gasteiger partial charge >= 0.3 is 5.97 Å². The third-order valence-electron chi connectivity index (χ3n) is 0.999. The number of rotatable bonds is 3. The molecule has 0 rings (SSSR count). The van der Waals surface area contributed by atoms with E-state index < -0.39 is 24.3 Å². The lowest BCUT2D eigenvalue weighted by Crippen LogP contribution is -2.40. The summed E-state index contributed by atoms with van der Waals surface area (Å²) in [4.78, 5) is 9.87. The molecule has 0 aromatic heterocycles. The van der Waals surface area contributed by atoms with Crippen LogP contribution < -0.4 is 0 Å². The molecule has 0 saturated carbocycles. The third-order valence-corrected chi connectivity index (χ3v) is 0.999. The number of aliphatic hydroxyl groups excluding tert-OH is 1. The molecule has 0 bridgehead atoms. The average molecular weight is 150 g/mol. The monoisotopic (exact) mass is 150 g/mol. The molecule has 1 unspecified atom stereocenters. The van der Waals surface area contributed by atoms with Crippen molar-refractivity contribution >= 4 is 5.97 Å². The van der Waals surface area contributed by atoms with Gasteiger partial charge in [0.1, 0.15) is 6.10 Å². The number of carboxylic acids is 1. The number of hydrogen-bond acceptors (Lipinski definition) is 4. The molecule has 0 amide bonds. The first-order chi connectivity index (χ1) is 4.34. The lowest BCUT2D eigenvalue weighted by atomic mass is 10.1. The minimum atomic E-state index is -2.33. The molecule has 0 aliphatic heterocycles. The zero-order valence-electron chi connectivity index (χ0n) is 5.48. The lowest BCUT2D eigenvalue weighted by molar-refractivity contribution is -0.214. The fourth-order valence-electron chi connectivity index (χ4n) is 0.359. The van der Waals surface area contributed by atoms with Crippen molar-refractivity contribution in [2.45, 2.75) is 25.2 Å². The van der Waals surface area contributed by atoms with Crippen molar-refractivity contribution in [2.75, 3.05) is 0 Å². The molecule has 4 N–H and O–H groups in total. The van der Waals surface area contributed by atoms with Crippen LogP contribution >= 0.6 is 0 Å². The topological polar surface area (TPSA) is 98.0 Å². The quantitative estimate of drug-likeness (QED) is 0.368. The summed E-state index contributed by atoms with van der Waals surface area (Å²) in [6.45, 7) is 0.917. The van der Waals surface area contributed by atoms with Gasteiger partial charge in [-0.25, -0.2) is 0 Å². The Morgan fingerprint density at radius 3 is 2.10 bits per heavy atom. The summed E-state index contributed by atoms with van der Waals surface area (Å²) in [6.07, 6.45) is -2.33. The van der Waals surface area contributed by atoms with E-state index in [1.54, 1.807) is 0 Å². The maximum Gasteiger partial charge on any atom is 0.306 e. The summed E-state index contributed by atoms with van der Waals surface area (Å²) in [5, 5.41) is 33.9. The number of hydrogen-bond donors (Lipinski definition) is 4. The number of carboxylic acid groups (broad SMARTS) is 1. The molecule has 1 atom stereocenters. The first-order valence-corrected chi connectivity index (χ1v) is 2.68. The molecular weight excluding hydrogens is 140 g/mol. The van der Waals surface area contributed by atoms with Crippen LogP contribution in [-0.4, -0.2) is 38.3 Å². The summed E-state index contributed by atoms with van der Waals surface area (Å²) in [6, 6.07) is 0. The molecule has 0 aliphatic rings. The molecule has 5 nitrogen and oxygen atoms in total. The molecule has 10 heavy (non-hydrogen) atoms. The third kappa shape index (κ3) is 3.39. The van der Waals surface area contributed by atoms with E-state index in [0.29, 0.717) is 0 Å². The molecule has 5 heteroatoms. The Bertz CT molecular complexity index is 124. The van der Waals surface area contributed by atoms with Crippen molar-refractivity contribution in [3.05, 3.63) is 0 Å². The van der Waals surface area contributed by atoms with E-state index in [9.17, 15) is 4.79 Å². The largest absolute Gasteiger partial charge is 0.481 e. The zero-order valence-corrected chi connectivity index (χ0v) is 5.48. The highest BCUT2D eigenvalue weighted by atomic mass is 16.5. The summed E-state index contributed by atoms with van der Waals surface area (Å²) in [7, 11) is 0. The van der Waals surface area contributed by atoms with Crippen LogP contribution in [0.5, 0.6) is 0 Å². The fourth-order valence-corrected chi connectivity index (χ4v) is 0.359. The summed E-state index contributed by atoms with van der Waals surface area (Å²) < 4.78 is 0. The smallest absolute Gasteiger partial charge is 0.306 e. The van der Waals surface area contributed by atoms with Gasteiger partial charge in [0.05, 0.1) is 6.42 Å². The Labute approximate surface area is 57.5 Å². The highest BCUT2D eigenvalue weighted by molar-refractivity contribution is 5.67. The molecule has 0 radical (unpaired) electrons. The average Bonchev–Trinajstić information content (AvgIpc) is 1.60. The second-order valence-electron chi connectivity index (χ2n) is 2.21. The minimum Gasteiger partial charge on any atom is -0.481 e. The maximum atomic E-state index is 9.87. The molecule has 0 aromatic carbocycles. The van der Waals surface area contributed by atoms with Gasteiger partial charge in [0.15, 0.2) is 5.79 Å². The van der Waals surface area contributed by atoms with Gasteiger partial charge in [-0.1, -0.05) is 0 Å². The van der Waals surface area contributed by atoms with Gasteiger partial charge in [0.25, 0.3) is 0 Å². The lowest BCUT2D eigenvalue weighted by Gasteiger charge is -2.20. The van der Waals surface area contributed by atoms with Gasteiger partial charge in [0, 0.05) is 0 Å². The second-order valence-corrected chi connectivity index (χ2v) is 2.21. The van der Waals surface area contributed by atoms with E-state index in [4.69, 9.17) is 20.4 Å². The zero-order chi connectivity index (χ0) is 8.36. The minimum absolute atomic E-state index is 0.677.